The van der Waals surface area contributed by atoms with Crippen molar-refractivity contribution in [3.63, 3.8) is 0 Å². The molecule has 114 valence electrons. The molecule has 1 aromatic carbocycles. The molecule has 0 spiro atoms. The Hall–Kier alpha value is -2.31. The molecule has 1 fully saturated rings. The van der Waals surface area contributed by atoms with Crippen LogP contribution in [0.25, 0.3) is 0 Å². The zero-order valence-corrected chi connectivity index (χ0v) is 12.0. The average Bonchev–Trinajstić information content (AvgIpc) is 2.44. The molecule has 0 aromatic heterocycles. The summed E-state index contributed by atoms with van der Waals surface area (Å²) >= 11 is 0. The third kappa shape index (κ3) is 3.24. The number of hydrogen-bond acceptors (Lipinski definition) is 6. The van der Waals surface area contributed by atoms with Crippen LogP contribution in [-0.4, -0.2) is 30.7 Å². The molecular formula is C14H17NO6. The molecule has 0 unspecified atom stereocenters. The van der Waals surface area contributed by atoms with E-state index in [9.17, 15) is 14.9 Å². The Morgan fingerprint density at radius 3 is 2.57 bits per heavy atom. The molecule has 0 amide bonds. The van der Waals surface area contributed by atoms with Crippen LogP contribution in [0, 0.1) is 10.1 Å². The van der Waals surface area contributed by atoms with Gasteiger partial charge in [0.25, 0.3) is 0 Å². The van der Waals surface area contributed by atoms with Crippen LogP contribution in [0.4, 0.5) is 5.69 Å². The largest absolute Gasteiger partial charge is 0.496 e. The minimum atomic E-state index is -0.702. The van der Waals surface area contributed by atoms with E-state index >= 15 is 0 Å². The predicted octanol–water partition coefficient (Wildman–Crippen LogP) is 2.47. The van der Waals surface area contributed by atoms with E-state index in [1.165, 1.54) is 26.4 Å². The van der Waals surface area contributed by atoms with Crippen LogP contribution in [0.5, 0.6) is 11.5 Å². The summed E-state index contributed by atoms with van der Waals surface area (Å²) in [5, 5.41) is 11.1. The van der Waals surface area contributed by atoms with Crippen molar-refractivity contribution in [2.24, 2.45) is 0 Å². The third-order valence-electron chi connectivity index (χ3n) is 3.65. The second-order valence-electron chi connectivity index (χ2n) is 4.98. The van der Waals surface area contributed by atoms with E-state index in [4.69, 9.17) is 9.47 Å². The fraction of sp³-hybridized carbons (Fsp3) is 0.500. The Balaban J connectivity index is 2.25. The molecule has 0 N–H and O–H groups in total. The number of carbonyl (C=O) groups is 1. The lowest BCUT2D eigenvalue weighted by Gasteiger charge is -2.40. The Labute approximate surface area is 122 Å². The number of benzene rings is 1. The number of nitrogens with zero attached hydrogens (tertiary/aromatic N) is 1. The number of carbonyl (C=O) groups excluding carboxylic acids is 1. The Morgan fingerprint density at radius 1 is 1.38 bits per heavy atom. The highest BCUT2D eigenvalue weighted by Crippen LogP contribution is 2.42. The highest BCUT2D eigenvalue weighted by molar-refractivity contribution is 5.71. The van der Waals surface area contributed by atoms with E-state index in [0.717, 1.165) is 6.42 Å². The Morgan fingerprint density at radius 2 is 2.10 bits per heavy atom. The molecule has 7 heteroatoms. The summed E-state index contributed by atoms with van der Waals surface area (Å²) in [4.78, 5) is 22.1. The first-order valence-corrected chi connectivity index (χ1v) is 6.58. The van der Waals surface area contributed by atoms with Crippen molar-refractivity contribution >= 4 is 11.7 Å². The van der Waals surface area contributed by atoms with Gasteiger partial charge in [-0.15, -0.1) is 0 Å². The van der Waals surface area contributed by atoms with Crippen LogP contribution >= 0.6 is 0 Å². The van der Waals surface area contributed by atoms with Gasteiger partial charge in [0.15, 0.2) is 5.75 Å². The van der Waals surface area contributed by atoms with Gasteiger partial charge < -0.3 is 14.2 Å². The zero-order chi connectivity index (χ0) is 15.5. The van der Waals surface area contributed by atoms with Gasteiger partial charge in [-0.1, -0.05) is 0 Å². The zero-order valence-electron chi connectivity index (χ0n) is 12.0. The van der Waals surface area contributed by atoms with Gasteiger partial charge >= 0.3 is 11.7 Å². The Bertz CT molecular complexity index is 552. The molecule has 0 saturated heterocycles. The van der Waals surface area contributed by atoms with Crippen molar-refractivity contribution in [3.05, 3.63) is 28.3 Å². The lowest BCUT2D eigenvalue weighted by molar-refractivity contribution is -0.386. The second kappa shape index (κ2) is 5.99. The molecule has 0 bridgehead atoms. The summed E-state index contributed by atoms with van der Waals surface area (Å²) in [7, 11) is 2.74. The SMILES string of the molecule is COC(=O)CC1(Oc2ccc(OC)cc2[N+](=O)[O-])CCC1. The first-order chi connectivity index (χ1) is 9.99. The van der Waals surface area contributed by atoms with E-state index in [1.54, 1.807) is 6.07 Å². The molecule has 1 aromatic rings. The molecule has 0 atom stereocenters. The summed E-state index contributed by atoms with van der Waals surface area (Å²) in [6.07, 6.45) is 2.35. The third-order valence-corrected chi connectivity index (χ3v) is 3.65. The van der Waals surface area contributed by atoms with E-state index in [1.807, 2.05) is 0 Å². The number of nitro benzene ring substituents is 1. The first-order valence-electron chi connectivity index (χ1n) is 6.58. The van der Waals surface area contributed by atoms with Crippen molar-refractivity contribution in [1.82, 2.24) is 0 Å². The minimum Gasteiger partial charge on any atom is -0.496 e. The van der Waals surface area contributed by atoms with Gasteiger partial charge in [-0.2, -0.15) is 0 Å². The molecule has 0 aliphatic heterocycles. The van der Waals surface area contributed by atoms with Gasteiger partial charge in [-0.25, -0.2) is 0 Å². The summed E-state index contributed by atoms with van der Waals surface area (Å²) < 4.78 is 15.4. The summed E-state index contributed by atoms with van der Waals surface area (Å²) in [6.45, 7) is 0. The van der Waals surface area contributed by atoms with Crippen LogP contribution in [-0.2, 0) is 9.53 Å². The topological polar surface area (TPSA) is 87.9 Å². The maximum atomic E-state index is 11.5. The van der Waals surface area contributed by atoms with E-state index in [2.05, 4.69) is 4.74 Å². The number of rotatable bonds is 6. The number of nitro groups is 1. The average molecular weight is 295 g/mol. The van der Waals surface area contributed by atoms with E-state index < -0.39 is 10.5 Å². The fourth-order valence-corrected chi connectivity index (χ4v) is 2.31. The van der Waals surface area contributed by atoms with Crippen LogP contribution in [0.15, 0.2) is 18.2 Å². The number of esters is 1. The van der Waals surface area contributed by atoms with Crippen molar-refractivity contribution in [2.75, 3.05) is 14.2 Å². The first kappa shape index (κ1) is 15.1. The van der Waals surface area contributed by atoms with E-state index in [0.29, 0.717) is 18.6 Å². The van der Waals surface area contributed by atoms with Gasteiger partial charge in [0.1, 0.15) is 11.4 Å². The molecule has 1 aliphatic rings. The maximum Gasteiger partial charge on any atom is 0.314 e. The van der Waals surface area contributed by atoms with Crippen LogP contribution < -0.4 is 9.47 Å². The summed E-state index contributed by atoms with van der Waals surface area (Å²) in [5.74, 6) is 0.139. The molecule has 0 heterocycles. The molecule has 0 radical (unpaired) electrons. The highest BCUT2D eigenvalue weighted by atomic mass is 16.6. The van der Waals surface area contributed by atoms with Crippen molar-refractivity contribution in [2.45, 2.75) is 31.3 Å². The maximum absolute atomic E-state index is 11.5. The van der Waals surface area contributed by atoms with Gasteiger partial charge in [0, 0.05) is 0 Å². The van der Waals surface area contributed by atoms with Gasteiger partial charge in [0.2, 0.25) is 0 Å². The van der Waals surface area contributed by atoms with Crippen LogP contribution in [0.1, 0.15) is 25.7 Å². The quantitative estimate of drug-likeness (QED) is 0.455. The fourth-order valence-electron chi connectivity index (χ4n) is 2.31. The normalized spacial score (nSPS) is 15.7. The monoisotopic (exact) mass is 295 g/mol. The molecule has 21 heavy (non-hydrogen) atoms. The minimum absolute atomic E-state index is 0.0900. The molecule has 1 aliphatic carbocycles. The van der Waals surface area contributed by atoms with Gasteiger partial charge in [-0.05, 0) is 31.4 Å². The number of methoxy groups -OCH3 is 2. The molecule has 1 saturated carbocycles. The predicted molar refractivity (Wildman–Crippen MR) is 73.5 cm³/mol. The van der Waals surface area contributed by atoms with Gasteiger partial charge in [0.05, 0.1) is 31.6 Å². The molecule has 2 rings (SSSR count). The standard InChI is InChI=1S/C14H17NO6/c1-19-10-4-5-12(11(8-10)15(17)18)21-14(6-3-7-14)9-13(16)20-2/h4-5,8H,3,6-7,9H2,1-2H3. The number of hydrogen-bond donors (Lipinski definition) is 0. The van der Waals surface area contributed by atoms with Gasteiger partial charge in [-0.3, -0.25) is 14.9 Å². The van der Waals surface area contributed by atoms with Crippen molar-refractivity contribution in [3.8, 4) is 11.5 Å². The lowest BCUT2D eigenvalue weighted by atomic mass is 9.77. The smallest absolute Gasteiger partial charge is 0.314 e. The lowest BCUT2D eigenvalue weighted by Crippen LogP contribution is -2.45. The van der Waals surface area contributed by atoms with E-state index in [-0.39, 0.29) is 23.8 Å². The van der Waals surface area contributed by atoms with Crippen molar-refractivity contribution < 1.29 is 23.9 Å². The highest BCUT2D eigenvalue weighted by Gasteiger charge is 2.43. The summed E-state index contributed by atoms with van der Waals surface area (Å²) in [5.41, 5.74) is -0.877. The number of ether oxygens (including phenoxy) is 3. The molecular weight excluding hydrogens is 278 g/mol. The molecule has 7 nitrogen and oxygen atoms in total. The van der Waals surface area contributed by atoms with Crippen LogP contribution in [0.2, 0.25) is 0 Å². The summed E-state index contributed by atoms with van der Waals surface area (Å²) in [6, 6.07) is 4.39. The van der Waals surface area contributed by atoms with Crippen LogP contribution in [0.3, 0.4) is 0 Å². The Kier molecular flexibility index (Phi) is 4.30. The van der Waals surface area contributed by atoms with Crippen molar-refractivity contribution in [1.29, 1.82) is 0 Å². The second-order valence-corrected chi connectivity index (χ2v) is 4.98.